The molecule has 0 saturated carbocycles. The lowest BCUT2D eigenvalue weighted by atomic mass is 10.0. The van der Waals surface area contributed by atoms with E-state index in [1.54, 1.807) is 0 Å². The van der Waals surface area contributed by atoms with Crippen LogP contribution in [0.25, 0.3) is 0 Å². The number of carbonyl (C=O) groups is 1. The summed E-state index contributed by atoms with van der Waals surface area (Å²) >= 11 is 6.26. The minimum Gasteiger partial charge on any atom is -0.467 e. The fraction of sp³-hybridized carbons (Fsp3) is 0.375. The van der Waals surface area contributed by atoms with Crippen molar-refractivity contribution in [3.63, 3.8) is 0 Å². The maximum atomic E-state index is 12.0. The van der Waals surface area contributed by atoms with E-state index in [4.69, 9.17) is 16.3 Å². The summed E-state index contributed by atoms with van der Waals surface area (Å²) in [6.45, 7) is 0. The van der Waals surface area contributed by atoms with Crippen molar-refractivity contribution in [2.24, 2.45) is 0 Å². The number of ether oxygens (including phenoxy) is 1. The average Bonchev–Trinajstić information content (AvgIpc) is 2.84. The second-order valence-electron chi connectivity index (χ2n) is 5.23. The van der Waals surface area contributed by atoms with Crippen molar-refractivity contribution < 1.29 is 9.53 Å². The molecule has 5 heteroatoms. The summed E-state index contributed by atoms with van der Waals surface area (Å²) in [5.41, 5.74) is 2.10. The SMILES string of the molecule is COC(=O)C1CCCc2c(Cl)nc(Cc3ccccc3)n21. The summed E-state index contributed by atoms with van der Waals surface area (Å²) in [6, 6.07) is 9.76. The maximum Gasteiger partial charge on any atom is 0.328 e. The van der Waals surface area contributed by atoms with E-state index in [9.17, 15) is 4.79 Å². The maximum absolute atomic E-state index is 12.0. The fourth-order valence-corrected chi connectivity index (χ4v) is 3.22. The van der Waals surface area contributed by atoms with E-state index in [0.717, 1.165) is 36.3 Å². The van der Waals surface area contributed by atoms with E-state index in [0.29, 0.717) is 11.6 Å². The van der Waals surface area contributed by atoms with Crippen molar-refractivity contribution in [3.8, 4) is 0 Å². The molecular formula is C16H17ClN2O2. The van der Waals surface area contributed by atoms with Gasteiger partial charge in [0, 0.05) is 6.42 Å². The second kappa shape index (κ2) is 5.90. The Morgan fingerprint density at radius 1 is 1.43 bits per heavy atom. The van der Waals surface area contributed by atoms with Crippen molar-refractivity contribution in [1.29, 1.82) is 0 Å². The number of fused-ring (bicyclic) bond motifs is 1. The number of imidazole rings is 1. The van der Waals surface area contributed by atoms with Crippen molar-refractivity contribution in [2.75, 3.05) is 7.11 Å². The fourth-order valence-electron chi connectivity index (χ4n) is 2.93. The molecule has 1 aromatic heterocycles. The van der Waals surface area contributed by atoms with E-state index in [2.05, 4.69) is 4.98 Å². The number of benzene rings is 1. The number of hydrogen-bond acceptors (Lipinski definition) is 3. The lowest BCUT2D eigenvalue weighted by molar-refractivity contribution is -0.145. The minimum atomic E-state index is -0.308. The van der Waals surface area contributed by atoms with Gasteiger partial charge in [0.25, 0.3) is 0 Å². The Bertz CT molecular complexity index is 652. The van der Waals surface area contributed by atoms with Gasteiger partial charge in [0.15, 0.2) is 5.15 Å². The average molecular weight is 305 g/mol. The number of esters is 1. The van der Waals surface area contributed by atoms with E-state index < -0.39 is 0 Å². The third-order valence-corrected chi connectivity index (χ3v) is 4.22. The predicted octanol–water partition coefficient (Wildman–Crippen LogP) is 3.18. The van der Waals surface area contributed by atoms with Gasteiger partial charge < -0.3 is 9.30 Å². The zero-order valence-corrected chi connectivity index (χ0v) is 12.6. The highest BCUT2D eigenvalue weighted by Gasteiger charge is 2.31. The largest absolute Gasteiger partial charge is 0.467 e. The molecule has 0 amide bonds. The van der Waals surface area contributed by atoms with Crippen LogP contribution in [0.4, 0.5) is 0 Å². The van der Waals surface area contributed by atoms with Crippen LogP contribution in [0.15, 0.2) is 30.3 Å². The number of methoxy groups -OCH3 is 1. The normalized spacial score (nSPS) is 17.3. The zero-order chi connectivity index (χ0) is 14.8. The molecule has 0 fully saturated rings. The molecule has 3 rings (SSSR count). The second-order valence-corrected chi connectivity index (χ2v) is 5.59. The summed E-state index contributed by atoms with van der Waals surface area (Å²) in [5.74, 6) is 0.607. The number of halogens is 1. The summed E-state index contributed by atoms with van der Waals surface area (Å²) in [5, 5.41) is 0.509. The number of aromatic nitrogens is 2. The third kappa shape index (κ3) is 2.68. The van der Waals surface area contributed by atoms with E-state index >= 15 is 0 Å². The van der Waals surface area contributed by atoms with Gasteiger partial charge in [0.05, 0.1) is 12.8 Å². The van der Waals surface area contributed by atoms with Crippen molar-refractivity contribution in [3.05, 3.63) is 52.6 Å². The Morgan fingerprint density at radius 2 is 2.19 bits per heavy atom. The van der Waals surface area contributed by atoms with Gasteiger partial charge in [0.2, 0.25) is 0 Å². The van der Waals surface area contributed by atoms with Gasteiger partial charge in [-0.3, -0.25) is 0 Å². The highest BCUT2D eigenvalue weighted by molar-refractivity contribution is 6.30. The molecule has 1 aliphatic rings. The van der Waals surface area contributed by atoms with Gasteiger partial charge >= 0.3 is 5.97 Å². The molecule has 0 radical (unpaired) electrons. The molecule has 1 aromatic carbocycles. The first-order valence-electron chi connectivity index (χ1n) is 7.08. The van der Waals surface area contributed by atoms with Gasteiger partial charge in [-0.1, -0.05) is 41.9 Å². The molecular weight excluding hydrogens is 288 g/mol. The molecule has 2 aromatic rings. The first-order valence-corrected chi connectivity index (χ1v) is 7.45. The van der Waals surface area contributed by atoms with Crippen LogP contribution in [-0.2, 0) is 22.4 Å². The zero-order valence-electron chi connectivity index (χ0n) is 11.9. The molecule has 0 saturated heterocycles. The number of rotatable bonds is 3. The summed E-state index contributed by atoms with van der Waals surface area (Å²) in [7, 11) is 1.42. The highest BCUT2D eigenvalue weighted by Crippen LogP contribution is 2.32. The van der Waals surface area contributed by atoms with Gasteiger partial charge in [-0.2, -0.15) is 0 Å². The van der Waals surface area contributed by atoms with E-state index in [-0.39, 0.29) is 12.0 Å². The third-order valence-electron chi connectivity index (χ3n) is 3.92. The monoisotopic (exact) mass is 304 g/mol. The van der Waals surface area contributed by atoms with Gasteiger partial charge in [-0.15, -0.1) is 0 Å². The van der Waals surface area contributed by atoms with E-state index in [1.165, 1.54) is 7.11 Å². The molecule has 21 heavy (non-hydrogen) atoms. The number of carbonyl (C=O) groups excluding carboxylic acids is 1. The molecule has 0 bridgehead atoms. The lowest BCUT2D eigenvalue weighted by Crippen LogP contribution is -2.27. The van der Waals surface area contributed by atoms with Gasteiger partial charge in [-0.05, 0) is 24.8 Å². The Hall–Kier alpha value is -1.81. The minimum absolute atomic E-state index is 0.223. The van der Waals surface area contributed by atoms with Crippen molar-refractivity contribution in [1.82, 2.24) is 9.55 Å². The van der Waals surface area contributed by atoms with Crippen LogP contribution in [0.3, 0.4) is 0 Å². The van der Waals surface area contributed by atoms with Crippen LogP contribution in [0.2, 0.25) is 5.15 Å². The molecule has 0 spiro atoms. The van der Waals surface area contributed by atoms with Crippen LogP contribution in [-0.4, -0.2) is 22.6 Å². The summed E-state index contributed by atoms with van der Waals surface area (Å²) in [6.07, 6.45) is 3.21. The first-order chi connectivity index (χ1) is 10.2. The molecule has 1 atom stereocenters. The highest BCUT2D eigenvalue weighted by atomic mass is 35.5. The van der Waals surface area contributed by atoms with Crippen molar-refractivity contribution >= 4 is 17.6 Å². The Labute approximate surface area is 128 Å². The number of nitrogens with zero attached hydrogens (tertiary/aromatic N) is 2. The Balaban J connectivity index is 2.00. The standard InChI is InChI=1S/C16H17ClN2O2/c1-21-16(20)13-9-5-8-12-15(17)18-14(19(12)13)10-11-6-3-2-4-7-11/h2-4,6-7,13H,5,8-10H2,1H3. The van der Waals surface area contributed by atoms with Crippen LogP contribution in [0.5, 0.6) is 0 Å². The lowest BCUT2D eigenvalue weighted by Gasteiger charge is -2.25. The van der Waals surface area contributed by atoms with E-state index in [1.807, 2.05) is 34.9 Å². The first kappa shape index (κ1) is 14.1. The van der Waals surface area contributed by atoms with Crippen LogP contribution in [0, 0.1) is 0 Å². The van der Waals surface area contributed by atoms with Gasteiger partial charge in [0.1, 0.15) is 11.9 Å². The molecule has 4 nitrogen and oxygen atoms in total. The number of hydrogen-bond donors (Lipinski definition) is 0. The molecule has 0 N–H and O–H groups in total. The smallest absolute Gasteiger partial charge is 0.328 e. The molecule has 2 heterocycles. The van der Waals surface area contributed by atoms with Crippen LogP contribution >= 0.6 is 11.6 Å². The Morgan fingerprint density at radius 3 is 2.90 bits per heavy atom. The Kier molecular flexibility index (Phi) is 3.97. The van der Waals surface area contributed by atoms with Crippen LogP contribution < -0.4 is 0 Å². The van der Waals surface area contributed by atoms with Gasteiger partial charge in [-0.25, -0.2) is 9.78 Å². The topological polar surface area (TPSA) is 44.1 Å². The molecule has 0 aliphatic carbocycles. The van der Waals surface area contributed by atoms with Crippen LogP contribution in [0.1, 0.15) is 36.0 Å². The predicted molar refractivity (Wildman–Crippen MR) is 80.5 cm³/mol. The summed E-state index contributed by atoms with van der Waals surface area (Å²) < 4.78 is 6.91. The molecule has 1 aliphatic heterocycles. The molecule has 110 valence electrons. The van der Waals surface area contributed by atoms with Crippen molar-refractivity contribution in [2.45, 2.75) is 31.7 Å². The quantitative estimate of drug-likeness (QED) is 0.818. The molecule has 1 unspecified atom stereocenters. The summed E-state index contributed by atoms with van der Waals surface area (Å²) in [4.78, 5) is 16.5.